The third kappa shape index (κ3) is 5.05. The number of aromatic nitrogens is 2. The Kier molecular flexibility index (Phi) is 7.71. The van der Waals surface area contributed by atoms with Gasteiger partial charge in [-0.2, -0.15) is 0 Å². The van der Waals surface area contributed by atoms with Gasteiger partial charge >= 0.3 is 0 Å². The van der Waals surface area contributed by atoms with Crippen LogP contribution in [-0.4, -0.2) is 69.6 Å². The summed E-state index contributed by atoms with van der Waals surface area (Å²) in [5.74, 6) is 0.387. The summed E-state index contributed by atoms with van der Waals surface area (Å²) in [6.07, 6.45) is 4.06. The molecule has 0 radical (unpaired) electrons. The van der Waals surface area contributed by atoms with E-state index in [0.717, 1.165) is 5.56 Å². The van der Waals surface area contributed by atoms with Gasteiger partial charge in [0.2, 0.25) is 0 Å². The van der Waals surface area contributed by atoms with Crippen LogP contribution in [0.25, 0.3) is 11.7 Å². The van der Waals surface area contributed by atoms with Gasteiger partial charge in [0.1, 0.15) is 15.8 Å². The first-order valence-corrected chi connectivity index (χ1v) is 12.8. The highest BCUT2D eigenvalue weighted by Crippen LogP contribution is 2.34. The molecule has 0 spiro atoms. The van der Waals surface area contributed by atoms with Crippen LogP contribution >= 0.6 is 24.0 Å². The number of anilines is 1. The highest BCUT2D eigenvalue weighted by Gasteiger charge is 2.33. The maximum Gasteiger partial charge on any atom is 0.267 e. The molecule has 0 N–H and O–H groups in total. The summed E-state index contributed by atoms with van der Waals surface area (Å²) in [5, 5.41) is 0. The number of pyridine rings is 1. The molecule has 2 atom stereocenters. The van der Waals surface area contributed by atoms with Crippen LogP contribution < -0.4 is 10.5 Å². The standard InChI is InChI=1S/C24H30N4O4S2/c1-5-31-11-7-10-28-23(30)19(34-24(28)33)12-18-21(26-13-16(3)32-17(4)14-26)25-20-15(2)8-6-9-27(20)22(18)29/h6,8-9,12,16-17H,5,7,10-11,13-14H2,1-4H3. The maximum atomic E-state index is 13.6. The van der Waals surface area contributed by atoms with Gasteiger partial charge in [-0.05, 0) is 51.8 Å². The molecule has 0 bridgehead atoms. The minimum atomic E-state index is -0.211. The molecule has 4 heterocycles. The van der Waals surface area contributed by atoms with Crippen molar-refractivity contribution in [2.24, 2.45) is 0 Å². The van der Waals surface area contributed by atoms with Crippen molar-refractivity contribution in [3.63, 3.8) is 0 Å². The Hall–Kier alpha value is -2.27. The van der Waals surface area contributed by atoms with Crippen molar-refractivity contribution in [3.05, 3.63) is 44.7 Å². The molecule has 2 unspecified atom stereocenters. The van der Waals surface area contributed by atoms with Crippen LogP contribution in [0.4, 0.5) is 5.82 Å². The number of nitrogens with zero attached hydrogens (tertiary/aromatic N) is 4. The highest BCUT2D eigenvalue weighted by molar-refractivity contribution is 8.26. The largest absolute Gasteiger partial charge is 0.382 e. The maximum absolute atomic E-state index is 13.6. The number of thioether (sulfide) groups is 1. The molecule has 4 rings (SSSR count). The van der Waals surface area contributed by atoms with E-state index in [4.69, 9.17) is 26.7 Å². The lowest BCUT2D eigenvalue weighted by molar-refractivity contribution is -0.122. The van der Waals surface area contributed by atoms with Crippen molar-refractivity contribution in [1.82, 2.24) is 14.3 Å². The number of aryl methyl sites for hydroxylation is 1. The molecule has 182 valence electrons. The van der Waals surface area contributed by atoms with E-state index in [2.05, 4.69) is 4.90 Å². The number of rotatable bonds is 7. The van der Waals surface area contributed by atoms with E-state index in [1.807, 2.05) is 39.8 Å². The van der Waals surface area contributed by atoms with Gasteiger partial charge in [0.25, 0.3) is 11.5 Å². The number of hydrogen-bond acceptors (Lipinski definition) is 8. The Labute approximate surface area is 208 Å². The van der Waals surface area contributed by atoms with Crippen molar-refractivity contribution in [2.75, 3.05) is 37.7 Å². The van der Waals surface area contributed by atoms with E-state index in [1.54, 1.807) is 21.6 Å². The zero-order valence-electron chi connectivity index (χ0n) is 19.9. The van der Waals surface area contributed by atoms with E-state index in [1.165, 1.54) is 11.8 Å². The van der Waals surface area contributed by atoms with Gasteiger partial charge in [-0.3, -0.25) is 18.9 Å². The van der Waals surface area contributed by atoms with Crippen LogP contribution in [0.2, 0.25) is 0 Å². The number of fused-ring (bicyclic) bond motifs is 1. The van der Waals surface area contributed by atoms with Crippen molar-refractivity contribution < 1.29 is 14.3 Å². The lowest BCUT2D eigenvalue weighted by Crippen LogP contribution is -2.46. The molecule has 34 heavy (non-hydrogen) atoms. The summed E-state index contributed by atoms with van der Waals surface area (Å²) >= 11 is 6.69. The molecule has 10 heteroatoms. The summed E-state index contributed by atoms with van der Waals surface area (Å²) in [6, 6.07) is 3.76. The number of carbonyl (C=O) groups is 1. The first kappa shape index (κ1) is 24.8. The second-order valence-corrected chi connectivity index (χ2v) is 10.3. The summed E-state index contributed by atoms with van der Waals surface area (Å²) in [6.45, 7) is 10.8. The number of morpholine rings is 1. The van der Waals surface area contributed by atoms with Crippen molar-refractivity contribution >= 4 is 51.7 Å². The lowest BCUT2D eigenvalue weighted by atomic mass is 10.1. The summed E-state index contributed by atoms with van der Waals surface area (Å²) in [7, 11) is 0. The van der Waals surface area contributed by atoms with Gasteiger partial charge < -0.3 is 14.4 Å². The molecule has 2 aromatic heterocycles. The smallest absolute Gasteiger partial charge is 0.267 e. The minimum Gasteiger partial charge on any atom is -0.382 e. The Bertz CT molecular complexity index is 1190. The second kappa shape index (κ2) is 10.6. The highest BCUT2D eigenvalue weighted by atomic mass is 32.2. The normalized spacial score (nSPS) is 22.4. The topological polar surface area (TPSA) is 76.4 Å². The fourth-order valence-electron chi connectivity index (χ4n) is 4.31. The Morgan fingerprint density at radius 1 is 1.29 bits per heavy atom. The predicted octanol–water partition coefficient (Wildman–Crippen LogP) is 3.24. The molecule has 2 aliphatic heterocycles. The molecule has 0 aromatic carbocycles. The fraction of sp³-hybridized carbons (Fsp3) is 0.500. The van der Waals surface area contributed by atoms with Crippen molar-refractivity contribution in [1.29, 1.82) is 0 Å². The minimum absolute atomic E-state index is 0.00253. The van der Waals surface area contributed by atoms with Gasteiger partial charge in [-0.15, -0.1) is 0 Å². The van der Waals surface area contributed by atoms with Crippen molar-refractivity contribution in [2.45, 2.75) is 46.3 Å². The molecular weight excluding hydrogens is 472 g/mol. The van der Waals surface area contributed by atoms with Crippen LogP contribution in [0.15, 0.2) is 28.0 Å². The molecule has 0 saturated carbocycles. The third-order valence-electron chi connectivity index (χ3n) is 5.81. The molecule has 2 saturated heterocycles. The van der Waals surface area contributed by atoms with E-state index < -0.39 is 0 Å². The molecule has 1 amide bonds. The Morgan fingerprint density at radius 3 is 2.74 bits per heavy atom. The van der Waals surface area contributed by atoms with E-state index in [0.29, 0.717) is 65.5 Å². The lowest BCUT2D eigenvalue weighted by Gasteiger charge is -2.36. The van der Waals surface area contributed by atoms with Crippen LogP contribution in [0.1, 0.15) is 38.3 Å². The Morgan fingerprint density at radius 2 is 2.03 bits per heavy atom. The predicted molar refractivity (Wildman–Crippen MR) is 139 cm³/mol. The van der Waals surface area contributed by atoms with E-state index >= 15 is 0 Å². The average molecular weight is 503 g/mol. The van der Waals surface area contributed by atoms with Gasteiger partial charge in [0.05, 0.1) is 22.7 Å². The van der Waals surface area contributed by atoms with Gasteiger partial charge in [0.15, 0.2) is 0 Å². The molecule has 2 aliphatic rings. The molecular formula is C24H30N4O4S2. The van der Waals surface area contributed by atoms with Gasteiger partial charge in [0, 0.05) is 39.0 Å². The van der Waals surface area contributed by atoms with Crippen LogP contribution in [0.3, 0.4) is 0 Å². The number of hydrogen-bond donors (Lipinski definition) is 0. The van der Waals surface area contributed by atoms with Crippen LogP contribution in [0, 0.1) is 6.92 Å². The average Bonchev–Trinajstić information content (AvgIpc) is 3.05. The van der Waals surface area contributed by atoms with Gasteiger partial charge in [-0.1, -0.05) is 30.0 Å². The molecule has 2 aromatic rings. The van der Waals surface area contributed by atoms with Crippen molar-refractivity contribution in [3.8, 4) is 0 Å². The number of ether oxygens (including phenoxy) is 2. The van der Waals surface area contributed by atoms with E-state index in [9.17, 15) is 9.59 Å². The number of carbonyl (C=O) groups excluding carboxylic acids is 1. The molecule has 8 nitrogen and oxygen atoms in total. The summed E-state index contributed by atoms with van der Waals surface area (Å²) in [4.78, 5) is 35.8. The summed E-state index contributed by atoms with van der Waals surface area (Å²) < 4.78 is 13.3. The second-order valence-electron chi connectivity index (χ2n) is 8.59. The number of amides is 1. The Balaban J connectivity index is 1.76. The monoisotopic (exact) mass is 502 g/mol. The first-order valence-electron chi connectivity index (χ1n) is 11.6. The van der Waals surface area contributed by atoms with Crippen LogP contribution in [-0.2, 0) is 14.3 Å². The third-order valence-corrected chi connectivity index (χ3v) is 7.18. The fourth-order valence-corrected chi connectivity index (χ4v) is 5.60. The quantitative estimate of drug-likeness (QED) is 0.325. The number of thiocarbonyl (C=S) groups is 1. The summed E-state index contributed by atoms with van der Waals surface area (Å²) in [5.41, 5.74) is 1.69. The zero-order valence-corrected chi connectivity index (χ0v) is 21.6. The SMILES string of the molecule is CCOCCCN1C(=O)C(=Cc2c(N3CC(C)OC(C)C3)nc3c(C)cccn3c2=O)SC1=S. The first-order chi connectivity index (χ1) is 16.3. The van der Waals surface area contributed by atoms with Crippen LogP contribution in [0.5, 0.6) is 0 Å². The molecule has 2 fully saturated rings. The van der Waals surface area contributed by atoms with Gasteiger partial charge in [-0.25, -0.2) is 4.98 Å². The zero-order chi connectivity index (χ0) is 24.4. The molecule has 0 aliphatic carbocycles. The van der Waals surface area contributed by atoms with E-state index in [-0.39, 0.29) is 23.7 Å².